The molecule has 56 valence electrons. The summed E-state index contributed by atoms with van der Waals surface area (Å²) < 4.78 is 0. The van der Waals surface area contributed by atoms with Crippen molar-refractivity contribution >= 4 is 40.7 Å². The summed E-state index contributed by atoms with van der Waals surface area (Å²) in [7, 11) is 0. The molecule has 0 fully saturated rings. The topological polar surface area (TPSA) is 0 Å². The first-order valence-corrected chi connectivity index (χ1v) is 3.68. The van der Waals surface area contributed by atoms with Crippen molar-refractivity contribution in [1.82, 2.24) is 0 Å². The summed E-state index contributed by atoms with van der Waals surface area (Å²) in [6.45, 7) is 3.68. The number of rotatable bonds is 2. The maximum Gasteiger partial charge on any atom is 0.316 e. The highest BCUT2D eigenvalue weighted by atomic mass is 35.5. The molecule has 1 aromatic rings. The predicted molar refractivity (Wildman–Crippen MR) is 54.6 cm³/mol. The molecule has 0 aliphatic heterocycles. The van der Waals surface area contributed by atoms with E-state index in [4.69, 9.17) is 11.6 Å². The molecule has 0 amide bonds. The molecular weight excluding hydrogens is 168 g/mol. The second-order valence-corrected chi connectivity index (χ2v) is 2.30. The first-order chi connectivity index (χ1) is 4.88. The Morgan fingerprint density at radius 3 is 2.45 bits per heavy atom. The summed E-state index contributed by atoms with van der Waals surface area (Å²) in [5, 5.41) is 0. The Bertz CT molecular complexity index is 233. The molecule has 0 radical (unpaired) electrons. The monoisotopic (exact) mass is 178 g/mol. The minimum absolute atomic E-state index is 0. The fourth-order valence-corrected chi connectivity index (χ4v) is 1.10. The zero-order valence-electron chi connectivity index (χ0n) is 5.68. The van der Waals surface area contributed by atoms with Crippen LogP contribution in [0.5, 0.6) is 0 Å². The maximum atomic E-state index is 5.66. The number of halogens is 1. The van der Waals surface area contributed by atoms with Crippen molar-refractivity contribution in [2.45, 2.75) is 5.88 Å². The average molecular weight is 179 g/mol. The van der Waals surface area contributed by atoms with E-state index in [2.05, 4.69) is 6.58 Å². The lowest BCUT2D eigenvalue weighted by Crippen LogP contribution is -1.81. The standard InChI is InChI=1S/C9H9Cl.Mg.2H/c1-2-8-5-3-4-6-9(8)7-10;;;/h2-6H,1,7H2;;;. The van der Waals surface area contributed by atoms with Crippen LogP contribution in [0.4, 0.5) is 0 Å². The van der Waals surface area contributed by atoms with Gasteiger partial charge in [0, 0.05) is 5.88 Å². The minimum Gasteiger partial charge on any atom is -0.122 e. The van der Waals surface area contributed by atoms with Gasteiger partial charge in [-0.05, 0) is 11.1 Å². The molecule has 0 aliphatic rings. The molecule has 0 aromatic heterocycles. The third-order valence-corrected chi connectivity index (χ3v) is 1.71. The highest BCUT2D eigenvalue weighted by Gasteiger charge is 1.93. The van der Waals surface area contributed by atoms with E-state index >= 15 is 0 Å². The molecule has 0 nitrogen and oxygen atoms in total. The molecule has 0 unspecified atom stereocenters. The minimum atomic E-state index is 0. The van der Waals surface area contributed by atoms with Crippen LogP contribution in [0.3, 0.4) is 0 Å². The molecule has 0 N–H and O–H groups in total. The fourth-order valence-electron chi connectivity index (χ4n) is 0.855. The van der Waals surface area contributed by atoms with Crippen molar-refractivity contribution in [3.63, 3.8) is 0 Å². The zero-order valence-corrected chi connectivity index (χ0v) is 6.43. The maximum absolute atomic E-state index is 5.66. The molecule has 0 bridgehead atoms. The second-order valence-electron chi connectivity index (χ2n) is 2.04. The average Bonchev–Trinajstić information content (AvgIpc) is 2.04. The molecule has 0 atom stereocenters. The van der Waals surface area contributed by atoms with Crippen LogP contribution < -0.4 is 0 Å². The van der Waals surface area contributed by atoms with Crippen molar-refractivity contribution in [2.24, 2.45) is 0 Å². The van der Waals surface area contributed by atoms with Gasteiger partial charge in [-0.25, -0.2) is 0 Å². The van der Waals surface area contributed by atoms with Crippen molar-refractivity contribution in [1.29, 1.82) is 0 Å². The van der Waals surface area contributed by atoms with Crippen LogP contribution in [-0.4, -0.2) is 23.1 Å². The van der Waals surface area contributed by atoms with Crippen molar-refractivity contribution in [3.8, 4) is 0 Å². The van der Waals surface area contributed by atoms with Gasteiger partial charge in [0.05, 0.1) is 0 Å². The van der Waals surface area contributed by atoms with Gasteiger partial charge >= 0.3 is 23.1 Å². The molecule has 0 saturated carbocycles. The zero-order chi connectivity index (χ0) is 7.40. The summed E-state index contributed by atoms with van der Waals surface area (Å²) in [6, 6.07) is 7.96. The van der Waals surface area contributed by atoms with Crippen molar-refractivity contribution < 1.29 is 0 Å². The van der Waals surface area contributed by atoms with Crippen LogP contribution in [0.25, 0.3) is 6.08 Å². The van der Waals surface area contributed by atoms with E-state index < -0.39 is 0 Å². The number of alkyl halides is 1. The van der Waals surface area contributed by atoms with Gasteiger partial charge in [0.1, 0.15) is 0 Å². The highest BCUT2D eigenvalue weighted by Crippen LogP contribution is 2.11. The summed E-state index contributed by atoms with van der Waals surface area (Å²) >= 11 is 5.66. The molecule has 2 heteroatoms. The Labute approximate surface area is 88.4 Å². The third-order valence-electron chi connectivity index (χ3n) is 1.42. The number of hydrogen-bond acceptors (Lipinski definition) is 0. The molecule has 1 aromatic carbocycles. The first kappa shape index (κ1) is 11.0. The summed E-state index contributed by atoms with van der Waals surface area (Å²) in [6.07, 6.45) is 1.82. The van der Waals surface area contributed by atoms with Gasteiger partial charge in [-0.15, -0.1) is 11.6 Å². The summed E-state index contributed by atoms with van der Waals surface area (Å²) in [5.41, 5.74) is 2.26. The van der Waals surface area contributed by atoms with E-state index in [1.807, 2.05) is 30.3 Å². The van der Waals surface area contributed by atoms with E-state index in [-0.39, 0.29) is 23.1 Å². The van der Waals surface area contributed by atoms with E-state index in [1.54, 1.807) is 0 Å². The molecule has 0 aliphatic carbocycles. The SMILES string of the molecule is C=Cc1ccccc1CCl.[MgH2]. The molecule has 0 heterocycles. The fraction of sp³-hybridized carbons (Fsp3) is 0.111. The van der Waals surface area contributed by atoms with Crippen LogP contribution in [0.2, 0.25) is 0 Å². The van der Waals surface area contributed by atoms with E-state index in [9.17, 15) is 0 Å². The van der Waals surface area contributed by atoms with Crippen molar-refractivity contribution in [3.05, 3.63) is 42.0 Å². The lowest BCUT2D eigenvalue weighted by Gasteiger charge is -1.98. The van der Waals surface area contributed by atoms with Gasteiger partial charge in [-0.1, -0.05) is 36.9 Å². The Morgan fingerprint density at radius 2 is 2.00 bits per heavy atom. The Balaban J connectivity index is 0.000001000. The largest absolute Gasteiger partial charge is 0.316 e. The smallest absolute Gasteiger partial charge is 0.122 e. The van der Waals surface area contributed by atoms with Crippen LogP contribution >= 0.6 is 11.6 Å². The molecule has 1 rings (SSSR count). The van der Waals surface area contributed by atoms with Crippen LogP contribution in [0.1, 0.15) is 11.1 Å². The summed E-state index contributed by atoms with van der Waals surface area (Å²) in [5.74, 6) is 0.558. The lowest BCUT2D eigenvalue weighted by molar-refractivity contribution is 1.38. The first-order valence-electron chi connectivity index (χ1n) is 3.15. The quantitative estimate of drug-likeness (QED) is 0.481. The molecular formula is C9H11ClMg. The van der Waals surface area contributed by atoms with Gasteiger partial charge in [-0.2, -0.15) is 0 Å². The molecule has 0 saturated heterocycles. The summed E-state index contributed by atoms with van der Waals surface area (Å²) in [4.78, 5) is 0. The Morgan fingerprint density at radius 1 is 1.36 bits per heavy atom. The normalized spacial score (nSPS) is 8.45. The van der Waals surface area contributed by atoms with Crippen LogP contribution in [0.15, 0.2) is 30.8 Å². The lowest BCUT2D eigenvalue weighted by atomic mass is 10.1. The number of benzene rings is 1. The number of hydrogen-bond donors (Lipinski definition) is 0. The van der Waals surface area contributed by atoms with E-state index in [0.717, 1.165) is 11.1 Å². The van der Waals surface area contributed by atoms with Gasteiger partial charge in [0.2, 0.25) is 0 Å². The highest BCUT2D eigenvalue weighted by molar-refractivity contribution is 6.17. The second kappa shape index (κ2) is 5.64. The van der Waals surface area contributed by atoms with Gasteiger partial charge in [0.15, 0.2) is 0 Å². The van der Waals surface area contributed by atoms with E-state index in [0.29, 0.717) is 5.88 Å². The van der Waals surface area contributed by atoms with Crippen LogP contribution in [0, 0.1) is 0 Å². The van der Waals surface area contributed by atoms with Gasteiger partial charge < -0.3 is 0 Å². The third kappa shape index (κ3) is 2.85. The van der Waals surface area contributed by atoms with Crippen molar-refractivity contribution in [2.75, 3.05) is 0 Å². The van der Waals surface area contributed by atoms with Crippen LogP contribution in [-0.2, 0) is 5.88 Å². The van der Waals surface area contributed by atoms with E-state index in [1.165, 1.54) is 0 Å². The Kier molecular flexibility index (Phi) is 5.65. The predicted octanol–water partition coefficient (Wildman–Crippen LogP) is 2.15. The van der Waals surface area contributed by atoms with Gasteiger partial charge in [-0.3, -0.25) is 0 Å². The van der Waals surface area contributed by atoms with Gasteiger partial charge in [0.25, 0.3) is 0 Å². The molecule has 0 spiro atoms. The Hall–Kier alpha value is 0.0162. The molecule has 11 heavy (non-hydrogen) atoms.